The zero-order valence-electron chi connectivity index (χ0n) is 21.0. The number of hydrogen-bond donors (Lipinski definition) is 2. The molecule has 3 aromatic heterocycles. The van der Waals surface area contributed by atoms with E-state index in [9.17, 15) is 12.8 Å². The van der Waals surface area contributed by atoms with E-state index >= 15 is 0 Å². The van der Waals surface area contributed by atoms with Crippen LogP contribution in [0.1, 0.15) is 13.8 Å². The number of H-pyrrole nitrogens is 1. The second-order valence-electron chi connectivity index (χ2n) is 9.28. The topological polar surface area (TPSA) is 115 Å². The Kier molecular flexibility index (Phi) is 7.34. The first-order valence-electron chi connectivity index (χ1n) is 11.8. The van der Waals surface area contributed by atoms with Crippen molar-refractivity contribution in [1.82, 2.24) is 24.5 Å². The molecule has 39 heavy (non-hydrogen) atoms. The Labute approximate surface area is 234 Å². The number of imidazole rings is 2. The lowest BCUT2D eigenvalue weighted by Gasteiger charge is -2.12. The Balaban J connectivity index is 1.70. The van der Waals surface area contributed by atoms with Gasteiger partial charge in [-0.25, -0.2) is 24.8 Å². The molecule has 5 rings (SSSR count). The summed E-state index contributed by atoms with van der Waals surface area (Å²) in [6.07, 6.45) is 0.934. The maximum absolute atomic E-state index is 13.7. The van der Waals surface area contributed by atoms with Crippen LogP contribution >= 0.6 is 23.2 Å². The average Bonchev–Trinajstić information content (AvgIpc) is 3.44. The lowest BCUT2D eigenvalue weighted by Crippen LogP contribution is -2.15. The van der Waals surface area contributed by atoms with Crippen molar-refractivity contribution in [3.05, 3.63) is 70.5 Å². The van der Waals surface area contributed by atoms with Gasteiger partial charge in [-0.3, -0.25) is 4.57 Å². The summed E-state index contributed by atoms with van der Waals surface area (Å²) in [5.41, 5.74) is 6.20. The molecular formula is C26H23Cl2FN6O3S. The van der Waals surface area contributed by atoms with Gasteiger partial charge in [0, 0.05) is 12.1 Å². The second-order valence-corrected chi connectivity index (χ2v) is 11.7. The van der Waals surface area contributed by atoms with Gasteiger partial charge in [0.15, 0.2) is 5.65 Å². The Morgan fingerprint density at radius 3 is 2.36 bits per heavy atom. The van der Waals surface area contributed by atoms with Crippen molar-refractivity contribution in [1.29, 1.82) is 0 Å². The summed E-state index contributed by atoms with van der Waals surface area (Å²) < 4.78 is 43.4. The van der Waals surface area contributed by atoms with E-state index in [4.69, 9.17) is 37.5 Å². The van der Waals surface area contributed by atoms with Crippen molar-refractivity contribution in [3.8, 4) is 34.0 Å². The van der Waals surface area contributed by atoms with Gasteiger partial charge >= 0.3 is 0 Å². The fourth-order valence-corrected chi connectivity index (χ4v) is 4.89. The third-order valence-electron chi connectivity index (χ3n) is 5.70. The summed E-state index contributed by atoms with van der Waals surface area (Å²) in [5, 5.41) is 0.821. The van der Waals surface area contributed by atoms with E-state index in [2.05, 4.69) is 15.4 Å². The van der Waals surface area contributed by atoms with Crippen molar-refractivity contribution in [3.63, 3.8) is 0 Å². The van der Waals surface area contributed by atoms with Crippen LogP contribution in [0.4, 0.5) is 10.3 Å². The van der Waals surface area contributed by atoms with Gasteiger partial charge in [0.2, 0.25) is 5.95 Å². The number of anilines is 1. The molecule has 0 amide bonds. The minimum atomic E-state index is -3.77. The molecule has 0 aliphatic heterocycles. The molecule has 0 radical (unpaired) electrons. The highest BCUT2D eigenvalue weighted by atomic mass is 35.5. The summed E-state index contributed by atoms with van der Waals surface area (Å²) in [6.45, 7) is 4.51. The van der Waals surface area contributed by atoms with Crippen molar-refractivity contribution in [2.24, 2.45) is 5.92 Å². The van der Waals surface area contributed by atoms with Crippen LogP contribution in [0, 0.1) is 11.7 Å². The highest BCUT2D eigenvalue weighted by Crippen LogP contribution is 2.38. The molecule has 2 aromatic carbocycles. The normalized spacial score (nSPS) is 12.0. The molecule has 2 N–H and O–H groups in total. The van der Waals surface area contributed by atoms with Crippen LogP contribution < -0.4 is 5.48 Å². The summed E-state index contributed by atoms with van der Waals surface area (Å²) in [7, 11) is -3.77. The first-order valence-corrected chi connectivity index (χ1v) is 14.4. The Hall–Kier alpha value is -3.51. The molecule has 0 saturated carbocycles. The molecule has 5 aromatic rings. The molecule has 3 heterocycles. The third kappa shape index (κ3) is 5.76. The number of aromatic amines is 1. The summed E-state index contributed by atoms with van der Waals surface area (Å²) in [6, 6.07) is 14.6. The fraction of sp³-hybridized carbons (Fsp3) is 0.192. The van der Waals surface area contributed by atoms with Gasteiger partial charge in [-0.15, -0.1) is 4.28 Å². The molecule has 13 heteroatoms. The molecule has 0 spiro atoms. The Morgan fingerprint density at radius 2 is 1.72 bits per heavy atom. The number of fused-ring (bicyclic) bond motifs is 1. The SMILES string of the molecule is CC(C)Cn1c(NOS(C)(=O)=O)nc2ccc(-c3[nH]c(-c4c(Cl)cccc4Cl)nc3-c3ccc(F)cc3)nc21. The van der Waals surface area contributed by atoms with E-state index in [1.54, 1.807) is 47.0 Å². The lowest BCUT2D eigenvalue weighted by molar-refractivity contribution is 0.385. The number of pyridine rings is 1. The van der Waals surface area contributed by atoms with Gasteiger partial charge in [0.1, 0.15) is 17.2 Å². The van der Waals surface area contributed by atoms with Crippen LogP contribution in [-0.4, -0.2) is 39.2 Å². The van der Waals surface area contributed by atoms with Crippen LogP contribution in [0.15, 0.2) is 54.6 Å². The van der Waals surface area contributed by atoms with Crippen LogP contribution in [0.25, 0.3) is 45.2 Å². The number of rotatable bonds is 8. The van der Waals surface area contributed by atoms with Crippen molar-refractivity contribution >= 4 is 50.4 Å². The van der Waals surface area contributed by atoms with Gasteiger partial charge in [-0.1, -0.05) is 43.1 Å². The number of aromatic nitrogens is 5. The molecule has 9 nitrogen and oxygen atoms in total. The maximum atomic E-state index is 13.7. The first-order chi connectivity index (χ1) is 18.5. The maximum Gasteiger partial charge on any atom is 0.285 e. The molecule has 0 unspecified atom stereocenters. The molecule has 0 bridgehead atoms. The number of benzene rings is 2. The van der Waals surface area contributed by atoms with Gasteiger partial charge in [0.05, 0.1) is 38.9 Å². The number of nitrogens with one attached hydrogen (secondary N) is 2. The van der Waals surface area contributed by atoms with E-state index in [1.165, 1.54) is 12.1 Å². The molecule has 0 saturated heterocycles. The standard InChI is InChI=1S/C26H23Cl2FN6O3S/c1-14(2)13-35-25-20(31-26(35)34-38-39(3,36)37)12-11-19(30-25)23-22(15-7-9-16(29)10-8-15)32-24(33-23)21-17(27)5-4-6-18(21)28/h4-12,14H,13H2,1-3H3,(H,31,34)(H,32,33). The molecule has 0 atom stereocenters. The van der Waals surface area contributed by atoms with E-state index in [0.717, 1.165) is 6.26 Å². The molecule has 0 aliphatic rings. The van der Waals surface area contributed by atoms with E-state index in [-0.39, 0.29) is 17.7 Å². The van der Waals surface area contributed by atoms with E-state index in [1.807, 2.05) is 13.8 Å². The van der Waals surface area contributed by atoms with Crippen LogP contribution in [-0.2, 0) is 20.9 Å². The number of nitrogens with zero attached hydrogens (tertiary/aromatic N) is 4. The molecular weight excluding hydrogens is 566 g/mol. The predicted molar refractivity (Wildman–Crippen MR) is 150 cm³/mol. The van der Waals surface area contributed by atoms with Gasteiger partial charge in [-0.2, -0.15) is 8.42 Å². The van der Waals surface area contributed by atoms with Crippen LogP contribution in [0.2, 0.25) is 10.0 Å². The predicted octanol–water partition coefficient (Wildman–Crippen LogP) is 6.56. The highest BCUT2D eigenvalue weighted by Gasteiger charge is 2.22. The summed E-state index contributed by atoms with van der Waals surface area (Å²) in [5.74, 6) is 0.420. The van der Waals surface area contributed by atoms with E-state index < -0.39 is 10.1 Å². The zero-order chi connectivity index (χ0) is 27.9. The number of halogens is 3. The second kappa shape index (κ2) is 10.6. The monoisotopic (exact) mass is 588 g/mol. The first kappa shape index (κ1) is 27.1. The quantitative estimate of drug-likeness (QED) is 0.197. The van der Waals surface area contributed by atoms with Gasteiger partial charge in [-0.05, 0) is 54.4 Å². The van der Waals surface area contributed by atoms with E-state index in [0.29, 0.717) is 61.8 Å². The summed E-state index contributed by atoms with van der Waals surface area (Å²) >= 11 is 12.9. The Morgan fingerprint density at radius 1 is 1.03 bits per heavy atom. The van der Waals surface area contributed by atoms with Crippen molar-refractivity contribution < 1.29 is 17.1 Å². The fourth-order valence-electron chi connectivity index (χ4n) is 4.09. The van der Waals surface area contributed by atoms with Gasteiger partial charge in [0.25, 0.3) is 10.1 Å². The van der Waals surface area contributed by atoms with Crippen molar-refractivity contribution in [2.45, 2.75) is 20.4 Å². The van der Waals surface area contributed by atoms with Gasteiger partial charge < -0.3 is 4.98 Å². The molecule has 202 valence electrons. The smallest absolute Gasteiger partial charge is 0.285 e. The summed E-state index contributed by atoms with van der Waals surface area (Å²) in [4.78, 5) is 17.4. The third-order valence-corrected chi connectivity index (χ3v) is 6.72. The average molecular weight is 589 g/mol. The minimum absolute atomic E-state index is 0.183. The van der Waals surface area contributed by atoms with Crippen LogP contribution in [0.3, 0.4) is 0 Å². The highest BCUT2D eigenvalue weighted by molar-refractivity contribution is 7.86. The minimum Gasteiger partial charge on any atom is -0.336 e. The zero-order valence-corrected chi connectivity index (χ0v) is 23.4. The Bertz CT molecular complexity index is 1770. The number of hydrogen-bond acceptors (Lipinski definition) is 7. The molecule has 0 aliphatic carbocycles. The molecule has 0 fully saturated rings. The largest absolute Gasteiger partial charge is 0.336 e. The van der Waals surface area contributed by atoms with Crippen LogP contribution in [0.5, 0.6) is 0 Å². The van der Waals surface area contributed by atoms with Crippen molar-refractivity contribution in [2.75, 3.05) is 11.7 Å². The lowest BCUT2D eigenvalue weighted by atomic mass is 10.1.